The minimum Gasteiger partial charge on any atom is -0.346 e. The molecule has 0 spiro atoms. The van der Waals surface area contributed by atoms with Gasteiger partial charge in [0.05, 0.1) is 11.3 Å². The summed E-state index contributed by atoms with van der Waals surface area (Å²) in [6.07, 6.45) is 2.82. The van der Waals surface area contributed by atoms with Crippen molar-refractivity contribution in [1.82, 2.24) is 24.8 Å². The number of anilines is 1. The van der Waals surface area contributed by atoms with Crippen LogP contribution in [-0.4, -0.2) is 64.5 Å². The molecule has 2 aliphatic heterocycles. The molecule has 0 aromatic carbocycles. The SMILES string of the molecule is CN1CCN(c2ncc(CN3CCc4nc(C(C)(C)C)[nH]c(=O)c4C3)s2)CC1. The average molecular weight is 403 g/mol. The number of hydrogen-bond acceptors (Lipinski definition) is 7. The highest BCUT2D eigenvalue weighted by Gasteiger charge is 2.25. The molecular weight excluding hydrogens is 372 g/mol. The number of H-pyrrole nitrogens is 1. The number of nitrogens with zero attached hydrogens (tertiary/aromatic N) is 5. The third-order valence-corrected chi connectivity index (χ3v) is 6.60. The fourth-order valence-corrected chi connectivity index (χ4v) is 4.71. The van der Waals surface area contributed by atoms with Gasteiger partial charge in [0.15, 0.2) is 5.13 Å². The third kappa shape index (κ3) is 4.14. The highest BCUT2D eigenvalue weighted by atomic mass is 32.1. The zero-order chi connectivity index (χ0) is 19.9. The Bertz CT molecular complexity index is 891. The van der Waals surface area contributed by atoms with Crippen LogP contribution in [0.5, 0.6) is 0 Å². The Balaban J connectivity index is 1.44. The third-order valence-electron chi connectivity index (χ3n) is 5.55. The van der Waals surface area contributed by atoms with Gasteiger partial charge in [0, 0.05) is 68.7 Å². The van der Waals surface area contributed by atoms with Crippen LogP contribution in [0.2, 0.25) is 0 Å². The van der Waals surface area contributed by atoms with Crippen LogP contribution >= 0.6 is 11.3 Å². The molecule has 2 aliphatic rings. The summed E-state index contributed by atoms with van der Waals surface area (Å²) in [5, 5.41) is 1.12. The van der Waals surface area contributed by atoms with Crippen LogP contribution < -0.4 is 10.5 Å². The lowest BCUT2D eigenvalue weighted by molar-refractivity contribution is 0.243. The number of aromatic amines is 1. The number of piperazine rings is 1. The van der Waals surface area contributed by atoms with Gasteiger partial charge in [-0.05, 0) is 7.05 Å². The Morgan fingerprint density at radius 2 is 1.93 bits per heavy atom. The van der Waals surface area contributed by atoms with Gasteiger partial charge < -0.3 is 14.8 Å². The second-order valence-corrected chi connectivity index (χ2v) is 10.0. The van der Waals surface area contributed by atoms with E-state index >= 15 is 0 Å². The van der Waals surface area contributed by atoms with Gasteiger partial charge in [0.1, 0.15) is 5.82 Å². The first-order chi connectivity index (χ1) is 13.3. The van der Waals surface area contributed by atoms with Crippen molar-refractivity contribution in [2.24, 2.45) is 0 Å². The number of likely N-dealkylation sites (N-methyl/N-ethyl adjacent to an activating group) is 1. The number of nitrogens with one attached hydrogen (secondary N) is 1. The lowest BCUT2D eigenvalue weighted by Crippen LogP contribution is -2.44. The molecule has 152 valence electrons. The van der Waals surface area contributed by atoms with E-state index in [1.54, 1.807) is 11.3 Å². The van der Waals surface area contributed by atoms with Crippen LogP contribution in [0, 0.1) is 0 Å². The normalized spacial score (nSPS) is 19.1. The molecule has 4 heterocycles. The molecule has 0 unspecified atom stereocenters. The molecule has 0 radical (unpaired) electrons. The maximum absolute atomic E-state index is 12.6. The summed E-state index contributed by atoms with van der Waals surface area (Å²) < 4.78 is 0. The fraction of sp³-hybridized carbons (Fsp3) is 0.650. The van der Waals surface area contributed by atoms with Crippen LogP contribution in [0.3, 0.4) is 0 Å². The van der Waals surface area contributed by atoms with Gasteiger partial charge in [-0.3, -0.25) is 9.69 Å². The molecule has 1 fully saturated rings. The van der Waals surface area contributed by atoms with Crippen molar-refractivity contribution < 1.29 is 0 Å². The summed E-state index contributed by atoms with van der Waals surface area (Å²) in [6.45, 7) is 12.9. The highest BCUT2D eigenvalue weighted by Crippen LogP contribution is 2.26. The first-order valence-electron chi connectivity index (χ1n) is 10.0. The number of hydrogen-bond donors (Lipinski definition) is 1. The van der Waals surface area contributed by atoms with E-state index in [0.717, 1.165) is 67.9 Å². The van der Waals surface area contributed by atoms with Gasteiger partial charge in [-0.15, -0.1) is 11.3 Å². The van der Waals surface area contributed by atoms with Crippen molar-refractivity contribution >= 4 is 16.5 Å². The van der Waals surface area contributed by atoms with Crippen molar-refractivity contribution in [1.29, 1.82) is 0 Å². The molecule has 1 N–H and O–H groups in total. The average Bonchev–Trinajstić information content (AvgIpc) is 3.10. The van der Waals surface area contributed by atoms with Gasteiger partial charge in [0.25, 0.3) is 5.56 Å². The molecule has 2 aromatic rings. The van der Waals surface area contributed by atoms with Crippen LogP contribution in [0.4, 0.5) is 5.13 Å². The first kappa shape index (κ1) is 19.5. The number of fused-ring (bicyclic) bond motifs is 1. The zero-order valence-corrected chi connectivity index (χ0v) is 18.1. The first-order valence-corrected chi connectivity index (χ1v) is 10.8. The van der Waals surface area contributed by atoms with E-state index in [2.05, 4.69) is 52.5 Å². The van der Waals surface area contributed by atoms with Gasteiger partial charge in [0.2, 0.25) is 0 Å². The van der Waals surface area contributed by atoms with E-state index in [0.29, 0.717) is 6.54 Å². The van der Waals surface area contributed by atoms with Crippen LogP contribution in [0.1, 0.15) is 42.7 Å². The molecule has 2 aromatic heterocycles. The van der Waals surface area contributed by atoms with E-state index in [1.807, 2.05) is 6.20 Å². The summed E-state index contributed by atoms with van der Waals surface area (Å²) in [7, 11) is 2.17. The summed E-state index contributed by atoms with van der Waals surface area (Å²) in [5.74, 6) is 0.781. The molecule has 1 saturated heterocycles. The Kier molecular flexibility index (Phi) is 5.28. The maximum atomic E-state index is 12.6. The largest absolute Gasteiger partial charge is 0.346 e. The Morgan fingerprint density at radius 1 is 1.18 bits per heavy atom. The molecule has 0 aliphatic carbocycles. The van der Waals surface area contributed by atoms with Gasteiger partial charge in [-0.1, -0.05) is 20.8 Å². The van der Waals surface area contributed by atoms with Gasteiger partial charge in [-0.2, -0.15) is 0 Å². The van der Waals surface area contributed by atoms with E-state index in [-0.39, 0.29) is 11.0 Å². The lowest BCUT2D eigenvalue weighted by Gasteiger charge is -2.32. The second kappa shape index (κ2) is 7.57. The van der Waals surface area contributed by atoms with Gasteiger partial charge in [-0.25, -0.2) is 9.97 Å². The van der Waals surface area contributed by atoms with Crippen LogP contribution in [-0.2, 0) is 24.9 Å². The monoisotopic (exact) mass is 402 g/mol. The molecule has 0 amide bonds. The quantitative estimate of drug-likeness (QED) is 0.845. The number of aromatic nitrogens is 3. The predicted octanol–water partition coefficient (Wildman–Crippen LogP) is 1.83. The molecule has 4 rings (SSSR count). The minimum absolute atomic E-state index is 0.0158. The van der Waals surface area contributed by atoms with E-state index in [9.17, 15) is 4.79 Å². The van der Waals surface area contributed by atoms with Gasteiger partial charge >= 0.3 is 0 Å². The summed E-state index contributed by atoms with van der Waals surface area (Å²) >= 11 is 1.78. The molecule has 28 heavy (non-hydrogen) atoms. The summed E-state index contributed by atoms with van der Waals surface area (Å²) in [4.78, 5) is 33.3. The summed E-state index contributed by atoms with van der Waals surface area (Å²) in [5.41, 5.74) is 1.66. The van der Waals surface area contributed by atoms with Crippen molar-refractivity contribution in [2.45, 2.75) is 45.7 Å². The second-order valence-electron chi connectivity index (χ2n) is 8.95. The fourth-order valence-electron chi connectivity index (χ4n) is 3.71. The molecule has 7 nitrogen and oxygen atoms in total. The minimum atomic E-state index is -0.145. The predicted molar refractivity (Wildman–Crippen MR) is 113 cm³/mol. The molecule has 0 atom stereocenters. The van der Waals surface area contributed by atoms with E-state index < -0.39 is 0 Å². The van der Waals surface area contributed by atoms with Crippen LogP contribution in [0.25, 0.3) is 0 Å². The maximum Gasteiger partial charge on any atom is 0.255 e. The summed E-state index contributed by atoms with van der Waals surface area (Å²) in [6, 6.07) is 0. The molecular formula is C20H30N6OS. The molecule has 0 bridgehead atoms. The topological polar surface area (TPSA) is 68.4 Å². The van der Waals surface area contributed by atoms with Crippen molar-refractivity contribution in [2.75, 3.05) is 44.7 Å². The zero-order valence-electron chi connectivity index (χ0n) is 17.3. The highest BCUT2D eigenvalue weighted by molar-refractivity contribution is 7.15. The lowest BCUT2D eigenvalue weighted by atomic mass is 9.95. The van der Waals surface area contributed by atoms with Crippen molar-refractivity contribution in [3.05, 3.63) is 38.5 Å². The Morgan fingerprint density at radius 3 is 2.64 bits per heavy atom. The Labute approximate surface area is 170 Å². The number of thiazole rings is 1. The smallest absolute Gasteiger partial charge is 0.255 e. The van der Waals surface area contributed by atoms with Crippen molar-refractivity contribution in [3.63, 3.8) is 0 Å². The number of rotatable bonds is 3. The molecule has 8 heteroatoms. The van der Waals surface area contributed by atoms with Crippen molar-refractivity contribution in [3.8, 4) is 0 Å². The molecule has 0 saturated carbocycles. The van der Waals surface area contributed by atoms with Crippen LogP contribution in [0.15, 0.2) is 11.0 Å². The Hall–Kier alpha value is -1.77. The standard InChI is InChI=1S/C20H30N6OS/c1-20(2,3)18-22-16-5-6-25(13-15(16)17(27)23-18)12-14-11-21-19(28-14)26-9-7-24(4)8-10-26/h11H,5-10,12-13H2,1-4H3,(H,22,23,27). The van der Waals surface area contributed by atoms with E-state index in [1.165, 1.54) is 4.88 Å². The van der Waals surface area contributed by atoms with E-state index in [4.69, 9.17) is 4.98 Å².